The molecule has 0 bridgehead atoms. The third-order valence-electron chi connectivity index (χ3n) is 3.26. The van der Waals surface area contributed by atoms with Crippen LogP contribution in [0.5, 0.6) is 5.75 Å². The van der Waals surface area contributed by atoms with Crippen LogP contribution in [-0.2, 0) is 11.3 Å². The van der Waals surface area contributed by atoms with E-state index in [4.69, 9.17) is 15.2 Å². The van der Waals surface area contributed by atoms with Gasteiger partial charge in [-0.05, 0) is 24.3 Å². The van der Waals surface area contributed by atoms with Crippen molar-refractivity contribution in [2.24, 2.45) is 5.73 Å². The van der Waals surface area contributed by atoms with Gasteiger partial charge in [-0.15, -0.1) is 11.3 Å². The van der Waals surface area contributed by atoms with Crippen LogP contribution in [0.25, 0.3) is 0 Å². The van der Waals surface area contributed by atoms with Crippen LogP contribution in [-0.4, -0.2) is 30.2 Å². The molecule has 6 nitrogen and oxygen atoms in total. The minimum atomic E-state index is -0.242. The summed E-state index contributed by atoms with van der Waals surface area (Å²) in [6.07, 6.45) is 1.02. The molecule has 1 aromatic carbocycles. The summed E-state index contributed by atoms with van der Waals surface area (Å²) in [7, 11) is 0. The molecule has 1 saturated heterocycles. The number of carbonyl (C=O) groups is 1. The molecule has 2 aromatic rings. The molecule has 22 heavy (non-hydrogen) atoms. The predicted octanol–water partition coefficient (Wildman–Crippen LogP) is 2.02. The Labute approximate surface area is 132 Å². The SMILES string of the molecule is NCc1nc(C(=O)Nc2ccc(OC3CCOC3)cc2)cs1. The zero-order valence-corrected chi connectivity index (χ0v) is 12.8. The van der Waals surface area contributed by atoms with E-state index in [1.807, 2.05) is 12.1 Å². The number of thiazole rings is 1. The number of nitrogens with zero attached hydrogens (tertiary/aromatic N) is 1. The van der Waals surface area contributed by atoms with E-state index < -0.39 is 0 Å². The van der Waals surface area contributed by atoms with Crippen molar-refractivity contribution in [1.29, 1.82) is 0 Å². The lowest BCUT2D eigenvalue weighted by atomic mass is 10.2. The zero-order chi connectivity index (χ0) is 15.4. The lowest BCUT2D eigenvalue weighted by Gasteiger charge is -2.12. The molecular formula is C15H17N3O3S. The van der Waals surface area contributed by atoms with Crippen LogP contribution < -0.4 is 15.8 Å². The molecule has 0 spiro atoms. The van der Waals surface area contributed by atoms with Gasteiger partial charge in [-0.2, -0.15) is 0 Å². The Kier molecular flexibility index (Phi) is 4.67. The summed E-state index contributed by atoms with van der Waals surface area (Å²) in [4.78, 5) is 16.2. The molecule has 1 amide bonds. The van der Waals surface area contributed by atoms with Gasteiger partial charge in [0, 0.05) is 24.0 Å². The van der Waals surface area contributed by atoms with E-state index in [0.29, 0.717) is 24.5 Å². The first kappa shape index (κ1) is 15.0. The number of benzene rings is 1. The lowest BCUT2D eigenvalue weighted by molar-refractivity contribution is 0.102. The summed E-state index contributed by atoms with van der Waals surface area (Å²) in [5.74, 6) is 0.529. The van der Waals surface area contributed by atoms with E-state index in [2.05, 4.69) is 10.3 Å². The van der Waals surface area contributed by atoms with Gasteiger partial charge < -0.3 is 20.5 Å². The number of ether oxygens (including phenoxy) is 2. The predicted molar refractivity (Wildman–Crippen MR) is 84.3 cm³/mol. The number of anilines is 1. The molecule has 1 aliphatic rings. The number of nitrogens with one attached hydrogen (secondary N) is 1. The fourth-order valence-corrected chi connectivity index (χ4v) is 2.77. The highest BCUT2D eigenvalue weighted by molar-refractivity contribution is 7.09. The molecule has 0 saturated carbocycles. The van der Waals surface area contributed by atoms with Crippen molar-refractivity contribution in [3.8, 4) is 5.75 Å². The smallest absolute Gasteiger partial charge is 0.275 e. The number of nitrogens with two attached hydrogens (primary N) is 1. The molecule has 2 heterocycles. The Balaban J connectivity index is 1.59. The molecule has 7 heteroatoms. The topological polar surface area (TPSA) is 86.5 Å². The van der Waals surface area contributed by atoms with Gasteiger partial charge in [0.15, 0.2) is 0 Å². The summed E-state index contributed by atoms with van der Waals surface area (Å²) in [5.41, 5.74) is 6.57. The normalized spacial score (nSPS) is 17.4. The molecule has 1 atom stereocenters. The first-order valence-corrected chi connectivity index (χ1v) is 7.93. The summed E-state index contributed by atoms with van der Waals surface area (Å²) >= 11 is 1.38. The van der Waals surface area contributed by atoms with Crippen molar-refractivity contribution in [3.63, 3.8) is 0 Å². The molecular weight excluding hydrogens is 302 g/mol. The summed E-state index contributed by atoms with van der Waals surface area (Å²) in [6, 6.07) is 7.28. The van der Waals surface area contributed by atoms with Crippen molar-refractivity contribution in [2.75, 3.05) is 18.5 Å². The second-order valence-corrected chi connectivity index (χ2v) is 5.86. The van der Waals surface area contributed by atoms with Crippen molar-refractivity contribution in [1.82, 2.24) is 4.98 Å². The van der Waals surface area contributed by atoms with E-state index in [1.165, 1.54) is 11.3 Å². The Morgan fingerprint density at radius 3 is 2.91 bits per heavy atom. The van der Waals surface area contributed by atoms with Gasteiger partial charge in [-0.3, -0.25) is 4.79 Å². The van der Waals surface area contributed by atoms with Crippen molar-refractivity contribution in [3.05, 3.63) is 40.3 Å². The van der Waals surface area contributed by atoms with Crippen LogP contribution in [0, 0.1) is 0 Å². The van der Waals surface area contributed by atoms with Crippen molar-refractivity contribution < 1.29 is 14.3 Å². The quantitative estimate of drug-likeness (QED) is 0.880. The highest BCUT2D eigenvalue weighted by Crippen LogP contribution is 2.20. The molecule has 1 unspecified atom stereocenters. The van der Waals surface area contributed by atoms with E-state index in [-0.39, 0.29) is 12.0 Å². The standard InChI is InChI=1S/C15H17N3O3S/c16-7-14-18-13(9-22-14)15(19)17-10-1-3-11(4-2-10)21-12-5-6-20-8-12/h1-4,9,12H,5-8,16H2,(H,17,19). The largest absolute Gasteiger partial charge is 0.488 e. The average Bonchev–Trinajstić information content (AvgIpc) is 3.20. The van der Waals surface area contributed by atoms with Crippen LogP contribution in [0.4, 0.5) is 5.69 Å². The highest BCUT2D eigenvalue weighted by Gasteiger charge is 2.17. The van der Waals surface area contributed by atoms with Gasteiger partial charge in [0.05, 0.1) is 13.2 Å². The molecule has 1 aromatic heterocycles. The molecule has 0 radical (unpaired) electrons. The third kappa shape index (κ3) is 3.62. The number of hydrogen-bond acceptors (Lipinski definition) is 6. The maximum absolute atomic E-state index is 12.1. The average molecular weight is 319 g/mol. The molecule has 3 N–H and O–H groups in total. The molecule has 0 aliphatic carbocycles. The van der Waals surface area contributed by atoms with E-state index >= 15 is 0 Å². The fourth-order valence-electron chi connectivity index (χ4n) is 2.12. The zero-order valence-electron chi connectivity index (χ0n) is 12.0. The number of aromatic nitrogens is 1. The minimum absolute atomic E-state index is 0.116. The van der Waals surface area contributed by atoms with E-state index in [0.717, 1.165) is 23.8 Å². The van der Waals surface area contributed by atoms with Gasteiger partial charge in [0.2, 0.25) is 0 Å². The lowest BCUT2D eigenvalue weighted by Crippen LogP contribution is -2.16. The van der Waals surface area contributed by atoms with Crippen molar-refractivity contribution >= 4 is 22.9 Å². The number of rotatable bonds is 5. The molecule has 1 fully saturated rings. The highest BCUT2D eigenvalue weighted by atomic mass is 32.1. The molecule has 3 rings (SSSR count). The van der Waals surface area contributed by atoms with E-state index in [9.17, 15) is 4.79 Å². The minimum Gasteiger partial charge on any atom is -0.488 e. The summed E-state index contributed by atoms with van der Waals surface area (Å²) < 4.78 is 11.0. The third-order valence-corrected chi connectivity index (χ3v) is 4.13. The number of hydrogen-bond donors (Lipinski definition) is 2. The summed E-state index contributed by atoms with van der Waals surface area (Å²) in [6.45, 7) is 1.72. The van der Waals surface area contributed by atoms with Gasteiger partial charge in [-0.25, -0.2) is 4.98 Å². The summed E-state index contributed by atoms with van der Waals surface area (Å²) in [5, 5.41) is 5.25. The monoisotopic (exact) mass is 319 g/mol. The maximum atomic E-state index is 12.1. The first-order chi connectivity index (χ1) is 10.7. The number of carbonyl (C=O) groups excluding carboxylic acids is 1. The Morgan fingerprint density at radius 1 is 1.45 bits per heavy atom. The van der Waals surface area contributed by atoms with Crippen LogP contribution in [0.15, 0.2) is 29.6 Å². The van der Waals surface area contributed by atoms with Crippen LogP contribution >= 0.6 is 11.3 Å². The molecule has 1 aliphatic heterocycles. The number of amides is 1. The first-order valence-electron chi connectivity index (χ1n) is 7.05. The van der Waals surface area contributed by atoms with Crippen LogP contribution in [0.2, 0.25) is 0 Å². The van der Waals surface area contributed by atoms with E-state index in [1.54, 1.807) is 17.5 Å². The van der Waals surface area contributed by atoms with Crippen molar-refractivity contribution in [2.45, 2.75) is 19.1 Å². The Morgan fingerprint density at radius 2 is 2.27 bits per heavy atom. The van der Waals surface area contributed by atoms with Gasteiger partial charge in [0.1, 0.15) is 22.6 Å². The van der Waals surface area contributed by atoms with Gasteiger partial charge in [-0.1, -0.05) is 0 Å². The van der Waals surface area contributed by atoms with Crippen LogP contribution in [0.1, 0.15) is 21.9 Å². The fraction of sp³-hybridized carbons (Fsp3) is 0.333. The second kappa shape index (κ2) is 6.87. The Bertz CT molecular complexity index is 636. The van der Waals surface area contributed by atoms with Crippen LogP contribution in [0.3, 0.4) is 0 Å². The van der Waals surface area contributed by atoms with Gasteiger partial charge >= 0.3 is 0 Å². The van der Waals surface area contributed by atoms with Gasteiger partial charge in [0.25, 0.3) is 5.91 Å². The molecule has 116 valence electrons. The second-order valence-electron chi connectivity index (χ2n) is 4.91. The Hall–Kier alpha value is -1.96. The maximum Gasteiger partial charge on any atom is 0.275 e.